The Morgan fingerprint density at radius 1 is 1.34 bits per heavy atom. The second-order valence-corrected chi connectivity index (χ2v) is 6.40. The molecular formula is C21H22N2O6. The first kappa shape index (κ1) is 20.2. The number of amides is 1. The summed E-state index contributed by atoms with van der Waals surface area (Å²) in [5, 5.41) is 12.7. The monoisotopic (exact) mass is 398 g/mol. The van der Waals surface area contributed by atoms with E-state index in [2.05, 4.69) is 16.4 Å². The van der Waals surface area contributed by atoms with Gasteiger partial charge < -0.3 is 24.6 Å². The molecule has 0 spiro atoms. The number of carbonyl (C=O) groups excluding carboxylic acids is 2. The molecule has 1 aromatic rings. The number of pyridine rings is 1. The quantitative estimate of drug-likeness (QED) is 0.710. The summed E-state index contributed by atoms with van der Waals surface area (Å²) in [5.41, 5.74) is 1.23. The van der Waals surface area contributed by atoms with E-state index in [0.29, 0.717) is 17.1 Å². The molecule has 1 amide bonds. The highest BCUT2D eigenvalue weighted by Gasteiger charge is 2.22. The summed E-state index contributed by atoms with van der Waals surface area (Å²) in [6.07, 6.45) is 12.0. The van der Waals surface area contributed by atoms with Gasteiger partial charge in [0.1, 0.15) is 24.3 Å². The van der Waals surface area contributed by atoms with Crippen molar-refractivity contribution in [3.8, 4) is 5.75 Å². The molecule has 0 radical (unpaired) electrons. The Kier molecular flexibility index (Phi) is 6.33. The zero-order chi connectivity index (χ0) is 20.8. The summed E-state index contributed by atoms with van der Waals surface area (Å²) >= 11 is 0. The first-order valence-corrected chi connectivity index (χ1v) is 9.26. The summed E-state index contributed by atoms with van der Waals surface area (Å²) in [6, 6.07) is 0.483. The Morgan fingerprint density at radius 3 is 2.83 bits per heavy atom. The molecule has 2 N–H and O–H groups in total. The van der Waals surface area contributed by atoms with E-state index in [1.807, 2.05) is 12.2 Å². The Labute approximate surface area is 168 Å². The van der Waals surface area contributed by atoms with Crippen molar-refractivity contribution in [1.29, 1.82) is 0 Å². The summed E-state index contributed by atoms with van der Waals surface area (Å²) in [6.45, 7) is 3.37. The maximum atomic E-state index is 12.3. The third kappa shape index (κ3) is 4.84. The number of carbonyl (C=O) groups is 2. The lowest BCUT2D eigenvalue weighted by Crippen LogP contribution is -2.39. The molecule has 1 aliphatic carbocycles. The van der Waals surface area contributed by atoms with Crippen molar-refractivity contribution in [3.63, 3.8) is 0 Å². The fraction of sp³-hybridized carbons (Fsp3) is 0.286. The summed E-state index contributed by atoms with van der Waals surface area (Å²) in [7, 11) is 0. The van der Waals surface area contributed by atoms with Gasteiger partial charge in [-0.1, -0.05) is 18.2 Å². The van der Waals surface area contributed by atoms with Gasteiger partial charge in [-0.2, -0.15) is 0 Å². The van der Waals surface area contributed by atoms with Crippen molar-refractivity contribution in [3.05, 3.63) is 65.6 Å². The van der Waals surface area contributed by atoms with Crippen molar-refractivity contribution >= 4 is 17.6 Å². The van der Waals surface area contributed by atoms with Crippen LogP contribution >= 0.6 is 0 Å². The minimum atomic E-state index is -0.869. The van der Waals surface area contributed by atoms with Gasteiger partial charge in [-0.15, -0.1) is 0 Å². The number of rotatable bonds is 6. The van der Waals surface area contributed by atoms with Gasteiger partial charge in [-0.3, -0.25) is 4.79 Å². The molecule has 2 aliphatic rings. The Bertz CT molecular complexity index is 929. The van der Waals surface area contributed by atoms with E-state index < -0.39 is 17.9 Å². The topological polar surface area (TPSA) is 107 Å². The zero-order valence-electron chi connectivity index (χ0n) is 16.2. The Morgan fingerprint density at radius 2 is 2.14 bits per heavy atom. The number of esters is 1. The van der Waals surface area contributed by atoms with Crippen molar-refractivity contribution in [2.75, 3.05) is 6.61 Å². The number of hydrogen-bond donors (Lipinski definition) is 2. The third-order valence-electron chi connectivity index (χ3n) is 4.26. The lowest BCUT2D eigenvalue weighted by atomic mass is 10.0. The molecule has 1 aliphatic heterocycles. The minimum absolute atomic E-state index is 0.206. The number of allylic oxidation sites excluding steroid dienone is 4. The van der Waals surface area contributed by atoms with Crippen LogP contribution in [0.15, 0.2) is 54.3 Å². The minimum Gasteiger partial charge on any atom is -0.505 e. The molecule has 0 saturated carbocycles. The van der Waals surface area contributed by atoms with Crippen LogP contribution in [0, 0.1) is 0 Å². The van der Waals surface area contributed by atoms with Gasteiger partial charge in [0.2, 0.25) is 0 Å². The van der Waals surface area contributed by atoms with E-state index in [1.165, 1.54) is 31.7 Å². The molecule has 1 aromatic heterocycles. The van der Waals surface area contributed by atoms with E-state index >= 15 is 0 Å². The fourth-order valence-electron chi connectivity index (χ4n) is 2.75. The van der Waals surface area contributed by atoms with Gasteiger partial charge in [-0.05, 0) is 38.3 Å². The smallest absolute Gasteiger partial charge is 0.328 e. The van der Waals surface area contributed by atoms with Crippen molar-refractivity contribution < 1.29 is 28.9 Å². The van der Waals surface area contributed by atoms with E-state index in [0.717, 1.165) is 18.4 Å². The highest BCUT2D eigenvalue weighted by Crippen LogP contribution is 2.31. The maximum Gasteiger partial charge on any atom is 0.328 e. The van der Waals surface area contributed by atoms with Crippen LogP contribution in [0.3, 0.4) is 0 Å². The van der Waals surface area contributed by atoms with E-state index in [1.54, 1.807) is 6.92 Å². The standard InChI is InChI=1S/C21H22N2O6/c1-3-28-21(26)13(2)23-20(25)19-16(24)9-15(10-22-19)18-12-27-11-17(29-18)14-7-5-4-6-8-14/h4-5,7,9-13,24H,3,6,8H2,1-2H3,(H,23,25). The highest BCUT2D eigenvalue weighted by molar-refractivity contribution is 5.97. The van der Waals surface area contributed by atoms with Crippen molar-refractivity contribution in [2.24, 2.45) is 0 Å². The number of hydrogen-bond acceptors (Lipinski definition) is 7. The van der Waals surface area contributed by atoms with Gasteiger partial charge in [0.25, 0.3) is 5.91 Å². The maximum absolute atomic E-state index is 12.3. The predicted octanol–water partition coefficient (Wildman–Crippen LogP) is 2.93. The number of aromatic hydroxyl groups is 1. The number of ether oxygens (including phenoxy) is 3. The molecule has 0 aromatic carbocycles. The molecule has 1 atom stereocenters. The van der Waals surface area contributed by atoms with E-state index in [4.69, 9.17) is 14.2 Å². The molecule has 0 saturated heterocycles. The van der Waals surface area contributed by atoms with Crippen LogP contribution < -0.4 is 5.32 Å². The Hall–Kier alpha value is -3.55. The lowest BCUT2D eigenvalue weighted by Gasteiger charge is -2.20. The number of aromatic nitrogens is 1. The molecule has 3 rings (SSSR count). The molecule has 0 fully saturated rings. The molecule has 0 bridgehead atoms. The van der Waals surface area contributed by atoms with Gasteiger partial charge in [0, 0.05) is 11.8 Å². The highest BCUT2D eigenvalue weighted by atomic mass is 16.5. The average Bonchev–Trinajstić information content (AvgIpc) is 2.74. The summed E-state index contributed by atoms with van der Waals surface area (Å²) in [5.74, 6) is -0.675. The second-order valence-electron chi connectivity index (χ2n) is 6.40. The molecule has 152 valence electrons. The molecule has 1 unspecified atom stereocenters. The van der Waals surface area contributed by atoms with Crippen LogP contribution in [0.2, 0.25) is 0 Å². The van der Waals surface area contributed by atoms with Gasteiger partial charge in [-0.25, -0.2) is 9.78 Å². The molecule has 8 heteroatoms. The molecule has 29 heavy (non-hydrogen) atoms. The largest absolute Gasteiger partial charge is 0.505 e. The van der Waals surface area contributed by atoms with Gasteiger partial charge >= 0.3 is 5.97 Å². The lowest BCUT2D eigenvalue weighted by molar-refractivity contribution is -0.144. The van der Waals surface area contributed by atoms with Gasteiger partial charge in [0.15, 0.2) is 17.2 Å². The second kappa shape index (κ2) is 9.09. The van der Waals surface area contributed by atoms with Crippen LogP contribution in [0.25, 0.3) is 5.76 Å². The fourth-order valence-corrected chi connectivity index (χ4v) is 2.75. The molecule has 2 heterocycles. The SMILES string of the molecule is CCOC(=O)C(C)NC(=O)c1ncc(C2=COC=C(C3=CC=CCC3)O2)cc1O. The van der Waals surface area contributed by atoms with Crippen molar-refractivity contribution in [2.45, 2.75) is 32.7 Å². The molecular weight excluding hydrogens is 376 g/mol. The summed E-state index contributed by atoms with van der Waals surface area (Å²) < 4.78 is 16.1. The third-order valence-corrected chi connectivity index (χ3v) is 4.26. The van der Waals surface area contributed by atoms with Crippen LogP contribution in [0.5, 0.6) is 5.75 Å². The zero-order valence-corrected chi connectivity index (χ0v) is 16.2. The van der Waals surface area contributed by atoms with Crippen molar-refractivity contribution in [1.82, 2.24) is 10.3 Å². The van der Waals surface area contributed by atoms with E-state index in [-0.39, 0.29) is 18.1 Å². The first-order chi connectivity index (χ1) is 14.0. The van der Waals surface area contributed by atoms with Crippen LogP contribution in [-0.4, -0.2) is 34.6 Å². The van der Waals surface area contributed by atoms with Gasteiger partial charge in [0.05, 0.1) is 6.61 Å². The van der Waals surface area contributed by atoms with E-state index in [9.17, 15) is 14.7 Å². The Balaban J connectivity index is 1.70. The molecule has 8 nitrogen and oxygen atoms in total. The number of nitrogens with one attached hydrogen (secondary N) is 1. The average molecular weight is 398 g/mol. The van der Waals surface area contributed by atoms with Crippen LogP contribution in [-0.2, 0) is 19.0 Å². The predicted molar refractivity (Wildman–Crippen MR) is 104 cm³/mol. The summed E-state index contributed by atoms with van der Waals surface area (Å²) in [4.78, 5) is 28.0. The normalized spacial score (nSPS) is 16.4. The van der Waals surface area contributed by atoms with Crippen LogP contribution in [0.4, 0.5) is 0 Å². The first-order valence-electron chi connectivity index (χ1n) is 9.26. The number of nitrogens with zero attached hydrogens (tertiary/aromatic N) is 1. The van der Waals surface area contributed by atoms with Crippen LogP contribution in [0.1, 0.15) is 42.7 Å².